The summed E-state index contributed by atoms with van der Waals surface area (Å²) in [6.45, 7) is 12.8. The van der Waals surface area contributed by atoms with Crippen LogP contribution in [0.2, 0.25) is 0 Å². The molecule has 0 aliphatic heterocycles. The van der Waals surface area contributed by atoms with E-state index >= 15 is 0 Å². The van der Waals surface area contributed by atoms with Crippen molar-refractivity contribution in [3.63, 3.8) is 0 Å². The highest BCUT2D eigenvalue weighted by Crippen LogP contribution is 2.24. The minimum absolute atomic E-state index is 0.247. The number of likely N-dealkylation sites (N-methyl/N-ethyl adjacent to an activating group) is 1. The number of amides is 1. The van der Waals surface area contributed by atoms with Gasteiger partial charge in [0.2, 0.25) is 5.91 Å². The fourth-order valence-corrected chi connectivity index (χ4v) is 7.90. The molecule has 0 rings (SSSR count). The van der Waals surface area contributed by atoms with Crippen LogP contribution in [0.4, 0.5) is 0 Å². The molecule has 0 saturated carbocycles. The van der Waals surface area contributed by atoms with Gasteiger partial charge in [0, 0.05) is 30.5 Å². The van der Waals surface area contributed by atoms with Crippen LogP contribution < -0.4 is 5.32 Å². The van der Waals surface area contributed by atoms with Crippen LogP contribution in [-0.2, 0) is 4.79 Å². The van der Waals surface area contributed by atoms with Gasteiger partial charge in [-0.25, -0.2) is 0 Å². The lowest BCUT2D eigenvalue weighted by atomic mass is 10.1. The van der Waals surface area contributed by atoms with E-state index in [4.69, 9.17) is 0 Å². The molecule has 0 bridgehead atoms. The molecule has 0 aliphatic carbocycles. The summed E-state index contributed by atoms with van der Waals surface area (Å²) < 4.78 is 0. The van der Waals surface area contributed by atoms with Crippen LogP contribution in [0, 0.1) is 0 Å². The van der Waals surface area contributed by atoms with Crippen molar-refractivity contribution in [1.82, 2.24) is 10.2 Å². The second-order valence-corrected chi connectivity index (χ2v) is 14.4. The fraction of sp³-hybridized carbons (Fsp3) is 0.971. The van der Waals surface area contributed by atoms with Gasteiger partial charge in [-0.15, -0.1) is 0 Å². The molecule has 0 aromatic rings. The Kier molecular flexibility index (Phi) is 33.7. The number of hydrogen-bond donors (Lipinski definition) is 1. The van der Waals surface area contributed by atoms with E-state index in [9.17, 15) is 4.79 Å². The molecule has 240 valence electrons. The van der Waals surface area contributed by atoms with Crippen LogP contribution in [-0.4, -0.2) is 59.5 Å². The molecule has 0 radical (unpaired) electrons. The average molecular weight is 601 g/mol. The predicted octanol–water partition coefficient (Wildman–Crippen LogP) is 10.9. The predicted molar refractivity (Wildman–Crippen MR) is 187 cm³/mol. The Hall–Kier alpha value is 0.130. The van der Waals surface area contributed by atoms with Gasteiger partial charge < -0.3 is 10.2 Å². The molecule has 40 heavy (non-hydrogen) atoms. The Balaban J connectivity index is 4.07. The Morgan fingerprint density at radius 2 is 1.07 bits per heavy atom. The molecular weight excluding hydrogens is 529 g/mol. The summed E-state index contributed by atoms with van der Waals surface area (Å²) >= 11 is 4.29. The highest BCUT2D eigenvalue weighted by Gasteiger charge is 2.13. The molecule has 3 nitrogen and oxygen atoms in total. The van der Waals surface area contributed by atoms with Gasteiger partial charge in [0.15, 0.2) is 0 Å². The molecule has 0 fully saturated rings. The first kappa shape index (κ1) is 40.1. The molecule has 5 heteroatoms. The summed E-state index contributed by atoms with van der Waals surface area (Å²) in [7, 11) is 0. The van der Waals surface area contributed by atoms with E-state index in [1.165, 1.54) is 146 Å². The van der Waals surface area contributed by atoms with Crippen LogP contribution in [0.5, 0.6) is 0 Å². The Labute approximate surface area is 261 Å². The van der Waals surface area contributed by atoms with Crippen molar-refractivity contribution < 1.29 is 4.79 Å². The highest BCUT2D eigenvalue weighted by atomic mass is 32.2. The Morgan fingerprint density at radius 1 is 0.625 bits per heavy atom. The van der Waals surface area contributed by atoms with E-state index < -0.39 is 0 Å². The zero-order valence-electron chi connectivity index (χ0n) is 27.8. The van der Waals surface area contributed by atoms with Crippen molar-refractivity contribution in [2.24, 2.45) is 0 Å². The van der Waals surface area contributed by atoms with Crippen molar-refractivity contribution >= 4 is 29.4 Å². The van der Waals surface area contributed by atoms with Crippen molar-refractivity contribution in [3.8, 4) is 0 Å². The fourth-order valence-electron chi connectivity index (χ4n) is 5.23. The lowest BCUT2D eigenvalue weighted by molar-refractivity contribution is -0.121. The molecule has 0 heterocycles. The van der Waals surface area contributed by atoms with E-state index in [2.05, 4.69) is 61.4 Å². The SMILES string of the molecule is CCCCCCCCCCCCSCC(CCC(=O)NCCN(CC)CC)SCCCCCCCCCCCC. The lowest BCUT2D eigenvalue weighted by Crippen LogP contribution is -2.35. The number of rotatable bonds is 33. The number of nitrogens with one attached hydrogen (secondary N) is 1. The minimum atomic E-state index is 0.247. The van der Waals surface area contributed by atoms with Crippen molar-refractivity contribution in [1.29, 1.82) is 0 Å². The first-order chi connectivity index (χ1) is 19.7. The number of carbonyl (C=O) groups excluding carboxylic acids is 1. The average Bonchev–Trinajstić information content (AvgIpc) is 2.96. The van der Waals surface area contributed by atoms with Crippen molar-refractivity contribution in [2.45, 2.75) is 174 Å². The molecule has 1 atom stereocenters. The molecular formula is C35H72N2OS2. The summed E-state index contributed by atoms with van der Waals surface area (Å²) in [5, 5.41) is 3.79. The molecule has 1 unspecified atom stereocenters. The second-order valence-electron chi connectivity index (χ2n) is 11.8. The van der Waals surface area contributed by atoms with Gasteiger partial charge in [0.25, 0.3) is 0 Å². The van der Waals surface area contributed by atoms with Crippen molar-refractivity contribution in [2.75, 3.05) is 43.4 Å². The van der Waals surface area contributed by atoms with E-state index in [0.29, 0.717) is 11.7 Å². The minimum Gasteiger partial charge on any atom is -0.355 e. The summed E-state index contributed by atoms with van der Waals surface area (Å²) in [6, 6.07) is 0. The van der Waals surface area contributed by atoms with Crippen molar-refractivity contribution in [3.05, 3.63) is 0 Å². The topological polar surface area (TPSA) is 32.3 Å². The standard InChI is InChI=1S/C35H72N2OS2/c1-5-9-11-13-15-17-19-21-23-25-31-39-33-34(27-28-35(38)36-29-30-37(7-3)8-4)40-32-26-24-22-20-18-16-14-12-10-6-2/h34H,5-33H2,1-4H3,(H,36,38). The summed E-state index contributed by atoms with van der Waals surface area (Å²) in [5.74, 6) is 4.02. The van der Waals surface area contributed by atoms with Crippen LogP contribution >= 0.6 is 23.5 Å². The molecule has 0 saturated heterocycles. The Bertz CT molecular complexity index is 502. The number of unbranched alkanes of at least 4 members (excludes halogenated alkanes) is 18. The highest BCUT2D eigenvalue weighted by molar-refractivity contribution is 8.03. The quantitative estimate of drug-likeness (QED) is 0.0759. The lowest BCUT2D eigenvalue weighted by Gasteiger charge is -2.19. The second kappa shape index (κ2) is 33.6. The van der Waals surface area contributed by atoms with Gasteiger partial charge in [0.1, 0.15) is 0 Å². The van der Waals surface area contributed by atoms with E-state index in [-0.39, 0.29) is 5.91 Å². The largest absolute Gasteiger partial charge is 0.355 e. The van der Waals surface area contributed by atoms with Crippen LogP contribution in [0.3, 0.4) is 0 Å². The van der Waals surface area contributed by atoms with Crippen LogP contribution in [0.1, 0.15) is 169 Å². The number of hydrogen-bond acceptors (Lipinski definition) is 4. The van der Waals surface area contributed by atoms with Gasteiger partial charge in [0.05, 0.1) is 0 Å². The third-order valence-electron chi connectivity index (χ3n) is 8.14. The molecule has 0 aromatic carbocycles. The maximum Gasteiger partial charge on any atom is 0.220 e. The monoisotopic (exact) mass is 601 g/mol. The van der Waals surface area contributed by atoms with Gasteiger partial charge >= 0.3 is 0 Å². The van der Waals surface area contributed by atoms with E-state index in [1.54, 1.807) is 0 Å². The van der Waals surface area contributed by atoms with E-state index in [0.717, 1.165) is 32.6 Å². The van der Waals surface area contributed by atoms with Gasteiger partial charge in [-0.1, -0.05) is 143 Å². The van der Waals surface area contributed by atoms with Gasteiger partial charge in [-0.2, -0.15) is 23.5 Å². The number of nitrogens with zero attached hydrogens (tertiary/aromatic N) is 1. The Morgan fingerprint density at radius 3 is 1.55 bits per heavy atom. The third-order valence-corrected chi connectivity index (χ3v) is 11.0. The zero-order valence-corrected chi connectivity index (χ0v) is 29.4. The molecule has 0 spiro atoms. The maximum absolute atomic E-state index is 12.5. The zero-order chi connectivity index (χ0) is 29.4. The smallest absolute Gasteiger partial charge is 0.220 e. The van der Waals surface area contributed by atoms with Gasteiger partial charge in [-0.3, -0.25) is 4.79 Å². The number of carbonyl (C=O) groups is 1. The van der Waals surface area contributed by atoms with Gasteiger partial charge in [-0.05, 0) is 43.9 Å². The van der Waals surface area contributed by atoms with E-state index in [1.807, 2.05) is 0 Å². The molecule has 1 N–H and O–H groups in total. The third kappa shape index (κ3) is 29.6. The normalized spacial score (nSPS) is 12.3. The van der Waals surface area contributed by atoms with Crippen LogP contribution in [0.15, 0.2) is 0 Å². The molecule has 0 aliphatic rings. The first-order valence-corrected chi connectivity index (χ1v) is 20.1. The molecule has 1 amide bonds. The summed E-state index contributed by atoms with van der Waals surface area (Å²) in [5.41, 5.74) is 0. The maximum atomic E-state index is 12.5. The first-order valence-electron chi connectivity index (χ1n) is 17.9. The summed E-state index contributed by atoms with van der Waals surface area (Å²) in [4.78, 5) is 14.9. The summed E-state index contributed by atoms with van der Waals surface area (Å²) in [6.07, 6.45) is 29.9. The number of thioether (sulfide) groups is 2. The van der Waals surface area contributed by atoms with Crippen LogP contribution in [0.25, 0.3) is 0 Å². The molecule has 0 aromatic heterocycles.